The summed E-state index contributed by atoms with van der Waals surface area (Å²) in [6.07, 6.45) is 0. The molecule has 0 aliphatic rings. The maximum atomic E-state index is 6.10. The van der Waals surface area contributed by atoms with E-state index in [-0.39, 0.29) is 18.5 Å². The Labute approximate surface area is 155 Å². The van der Waals surface area contributed by atoms with Crippen molar-refractivity contribution in [2.75, 3.05) is 0 Å². The number of rotatable bonds is 4. The second-order valence-electron chi connectivity index (χ2n) is 4.89. The molecule has 0 radical (unpaired) electrons. The first-order chi connectivity index (χ1) is 11.5. The van der Waals surface area contributed by atoms with E-state index < -0.39 is 0 Å². The van der Waals surface area contributed by atoms with Crippen LogP contribution in [0.2, 0.25) is 10.0 Å². The molecule has 0 heterocycles. The van der Waals surface area contributed by atoms with Gasteiger partial charge < -0.3 is 11.5 Å². The summed E-state index contributed by atoms with van der Waals surface area (Å²) < 4.78 is 1.27. The lowest BCUT2D eigenvalue weighted by Crippen LogP contribution is -2.31. The van der Waals surface area contributed by atoms with Crippen LogP contribution < -0.4 is 11.5 Å². The molecule has 0 bridgehead atoms. The van der Waals surface area contributed by atoms with E-state index in [1.807, 2.05) is 30.3 Å². The minimum absolute atomic E-state index is 0.0113. The summed E-state index contributed by atoms with van der Waals surface area (Å²) in [4.78, 5) is 8.11. The molecule has 2 aromatic rings. The van der Waals surface area contributed by atoms with E-state index in [1.165, 1.54) is 4.42 Å². The molecule has 0 atom stereocenters. The standard InChI is InChI=1S/C16H16Cl3N5/c17-13-7-6-12(14(18)8-13)9-22-15(20)23-16(21)24(19)10-11-4-2-1-3-5-11/h1-8H,9-10H2,(H4,20,21,22,23). The molecule has 8 heteroatoms. The largest absolute Gasteiger partial charge is 0.368 e. The second kappa shape index (κ2) is 8.78. The number of benzene rings is 2. The zero-order valence-electron chi connectivity index (χ0n) is 12.7. The quantitative estimate of drug-likeness (QED) is 0.478. The van der Waals surface area contributed by atoms with Crippen LogP contribution in [0.25, 0.3) is 0 Å². The molecule has 0 fully saturated rings. The number of guanidine groups is 2. The molecule has 0 aliphatic carbocycles. The Morgan fingerprint density at radius 2 is 1.75 bits per heavy atom. The average Bonchev–Trinajstić information content (AvgIpc) is 2.55. The minimum atomic E-state index is 0.0113. The highest BCUT2D eigenvalue weighted by Crippen LogP contribution is 2.21. The lowest BCUT2D eigenvalue weighted by Gasteiger charge is -2.14. The first-order valence-electron chi connectivity index (χ1n) is 7.01. The SMILES string of the molecule is NC(=NCc1ccc(Cl)cc1Cl)N=C(N)N(Cl)Cc1ccccc1. The van der Waals surface area contributed by atoms with Gasteiger partial charge in [-0.3, -0.25) is 4.42 Å². The van der Waals surface area contributed by atoms with Gasteiger partial charge in [-0.2, -0.15) is 4.99 Å². The molecule has 0 aliphatic heterocycles. The van der Waals surface area contributed by atoms with Gasteiger partial charge in [0.05, 0.1) is 13.1 Å². The molecule has 0 spiro atoms. The van der Waals surface area contributed by atoms with Gasteiger partial charge in [0.2, 0.25) is 11.9 Å². The molecule has 0 saturated carbocycles. The third-order valence-electron chi connectivity index (χ3n) is 3.07. The van der Waals surface area contributed by atoms with Gasteiger partial charge in [0.1, 0.15) is 0 Å². The monoisotopic (exact) mass is 383 g/mol. The van der Waals surface area contributed by atoms with Crippen LogP contribution in [0.1, 0.15) is 11.1 Å². The molecular formula is C16H16Cl3N5. The fourth-order valence-corrected chi connectivity index (χ4v) is 2.49. The van der Waals surface area contributed by atoms with Crippen LogP contribution in [0.4, 0.5) is 0 Å². The Morgan fingerprint density at radius 3 is 2.42 bits per heavy atom. The van der Waals surface area contributed by atoms with E-state index in [0.717, 1.165) is 11.1 Å². The van der Waals surface area contributed by atoms with Crippen LogP contribution in [0.15, 0.2) is 58.5 Å². The molecule has 0 amide bonds. The Bertz CT molecular complexity index is 747. The van der Waals surface area contributed by atoms with E-state index in [0.29, 0.717) is 16.6 Å². The van der Waals surface area contributed by atoms with Gasteiger partial charge in [0.15, 0.2) is 0 Å². The predicted octanol–water partition coefficient (Wildman–Crippen LogP) is 3.78. The van der Waals surface area contributed by atoms with Crippen LogP contribution in [0.5, 0.6) is 0 Å². The van der Waals surface area contributed by atoms with Crippen molar-refractivity contribution in [2.24, 2.45) is 21.5 Å². The van der Waals surface area contributed by atoms with E-state index in [4.69, 9.17) is 46.4 Å². The number of hydrogen-bond acceptors (Lipinski definition) is 1. The number of aliphatic imine (C=N–C) groups is 2. The van der Waals surface area contributed by atoms with Crippen LogP contribution in [-0.4, -0.2) is 16.3 Å². The van der Waals surface area contributed by atoms with Crippen molar-refractivity contribution < 1.29 is 0 Å². The van der Waals surface area contributed by atoms with Gasteiger partial charge in [-0.05, 0) is 23.3 Å². The molecule has 126 valence electrons. The second-order valence-corrected chi connectivity index (χ2v) is 6.14. The summed E-state index contributed by atoms with van der Waals surface area (Å²) in [5, 5.41) is 1.07. The van der Waals surface area contributed by atoms with Gasteiger partial charge in [0.25, 0.3) is 0 Å². The summed E-state index contributed by atoms with van der Waals surface area (Å²) in [5.74, 6) is 0.0706. The zero-order valence-corrected chi connectivity index (χ0v) is 14.9. The molecule has 2 aromatic carbocycles. The predicted molar refractivity (Wildman–Crippen MR) is 101 cm³/mol. The van der Waals surface area contributed by atoms with Gasteiger partial charge in [-0.1, -0.05) is 59.6 Å². The third kappa shape index (κ3) is 5.60. The number of hydrogen-bond donors (Lipinski definition) is 2. The van der Waals surface area contributed by atoms with Gasteiger partial charge in [-0.25, -0.2) is 4.99 Å². The van der Waals surface area contributed by atoms with Gasteiger partial charge >= 0.3 is 0 Å². The molecule has 4 N–H and O–H groups in total. The van der Waals surface area contributed by atoms with Gasteiger partial charge in [-0.15, -0.1) is 0 Å². The fraction of sp³-hybridized carbons (Fsp3) is 0.125. The highest BCUT2D eigenvalue weighted by Gasteiger charge is 2.06. The van der Waals surface area contributed by atoms with Crippen molar-refractivity contribution in [3.63, 3.8) is 0 Å². The summed E-state index contributed by atoms with van der Waals surface area (Å²) in [6, 6.07) is 14.8. The maximum absolute atomic E-state index is 6.10. The van der Waals surface area contributed by atoms with Crippen molar-refractivity contribution in [1.29, 1.82) is 0 Å². The van der Waals surface area contributed by atoms with E-state index in [1.54, 1.807) is 18.2 Å². The lowest BCUT2D eigenvalue weighted by atomic mass is 10.2. The van der Waals surface area contributed by atoms with Crippen molar-refractivity contribution in [2.45, 2.75) is 13.1 Å². The maximum Gasteiger partial charge on any atom is 0.218 e. The van der Waals surface area contributed by atoms with E-state index in [2.05, 4.69) is 9.98 Å². The van der Waals surface area contributed by atoms with Crippen molar-refractivity contribution in [3.05, 3.63) is 69.7 Å². The van der Waals surface area contributed by atoms with Crippen molar-refractivity contribution in [3.8, 4) is 0 Å². The molecule has 0 aromatic heterocycles. The zero-order chi connectivity index (χ0) is 17.5. The Morgan fingerprint density at radius 1 is 1.04 bits per heavy atom. The molecule has 5 nitrogen and oxygen atoms in total. The lowest BCUT2D eigenvalue weighted by molar-refractivity contribution is 0.645. The summed E-state index contributed by atoms with van der Waals surface area (Å²) in [5.41, 5.74) is 13.4. The highest BCUT2D eigenvalue weighted by atomic mass is 35.5. The van der Waals surface area contributed by atoms with Crippen molar-refractivity contribution in [1.82, 2.24) is 4.42 Å². The van der Waals surface area contributed by atoms with Crippen molar-refractivity contribution >= 4 is 46.9 Å². The molecule has 0 saturated heterocycles. The fourth-order valence-electron chi connectivity index (χ4n) is 1.85. The van der Waals surface area contributed by atoms with E-state index >= 15 is 0 Å². The number of halogens is 3. The minimum Gasteiger partial charge on any atom is -0.368 e. The Balaban J connectivity index is 2.00. The first kappa shape index (κ1) is 18.4. The Kier molecular flexibility index (Phi) is 6.73. The smallest absolute Gasteiger partial charge is 0.218 e. The summed E-state index contributed by atoms with van der Waals surface area (Å²) >= 11 is 18.0. The first-order valence-corrected chi connectivity index (χ1v) is 8.10. The third-order valence-corrected chi connectivity index (χ3v) is 3.95. The number of nitrogens with zero attached hydrogens (tertiary/aromatic N) is 3. The Hall–Kier alpha value is -1.95. The van der Waals surface area contributed by atoms with Crippen LogP contribution >= 0.6 is 35.0 Å². The summed E-state index contributed by atoms with van der Waals surface area (Å²) in [7, 11) is 0. The molecule has 24 heavy (non-hydrogen) atoms. The number of nitrogens with two attached hydrogens (primary N) is 2. The molecular weight excluding hydrogens is 369 g/mol. The van der Waals surface area contributed by atoms with E-state index in [9.17, 15) is 0 Å². The molecule has 2 rings (SSSR count). The molecule has 0 unspecified atom stereocenters. The summed E-state index contributed by atoms with van der Waals surface area (Å²) in [6.45, 7) is 0.660. The normalized spacial score (nSPS) is 12.3. The topological polar surface area (TPSA) is 80.0 Å². The average molecular weight is 385 g/mol. The van der Waals surface area contributed by atoms with Gasteiger partial charge in [0, 0.05) is 21.8 Å². The van der Waals surface area contributed by atoms with Crippen LogP contribution in [0, 0.1) is 0 Å². The van der Waals surface area contributed by atoms with Crippen LogP contribution in [0.3, 0.4) is 0 Å². The highest BCUT2D eigenvalue weighted by molar-refractivity contribution is 6.35. The van der Waals surface area contributed by atoms with Crippen LogP contribution in [-0.2, 0) is 13.1 Å².